The Morgan fingerprint density at radius 3 is 2.93 bits per heavy atom. The molecule has 0 radical (unpaired) electrons. The zero-order valence-electron chi connectivity index (χ0n) is 16.4. The summed E-state index contributed by atoms with van der Waals surface area (Å²) in [4.78, 5) is 23.0. The van der Waals surface area contributed by atoms with E-state index in [1.54, 1.807) is 6.20 Å². The van der Waals surface area contributed by atoms with Crippen molar-refractivity contribution in [1.29, 1.82) is 5.26 Å². The number of amides is 1. The Bertz CT molecular complexity index is 1150. The van der Waals surface area contributed by atoms with Gasteiger partial charge in [-0.2, -0.15) is 5.26 Å². The number of anilines is 1. The number of nitrogens with one attached hydrogen (secondary N) is 1. The lowest BCUT2D eigenvalue weighted by Crippen LogP contribution is -2.15. The largest absolute Gasteiger partial charge is 0.311 e. The number of benzene rings is 1. The Hall–Kier alpha value is -2.21. The number of fused-ring (bicyclic) bond motifs is 1. The molecule has 3 aromatic rings. The number of hydrogen-bond acceptors (Lipinski definition) is 6. The predicted molar refractivity (Wildman–Crippen MR) is 124 cm³/mol. The highest BCUT2D eigenvalue weighted by Crippen LogP contribution is 2.38. The van der Waals surface area contributed by atoms with Gasteiger partial charge in [0.25, 0.3) is 5.91 Å². The number of thioether (sulfide) groups is 1. The summed E-state index contributed by atoms with van der Waals surface area (Å²) in [5.41, 5.74) is 4.39. The average Bonchev–Trinajstić information content (AvgIpc) is 3.10. The minimum absolute atomic E-state index is 0.271. The zero-order valence-corrected chi connectivity index (χ0v) is 19.6. The molecule has 8 heteroatoms. The molecular weight excluding hydrogens is 480 g/mol. The van der Waals surface area contributed by atoms with Crippen molar-refractivity contribution < 1.29 is 4.79 Å². The fourth-order valence-corrected chi connectivity index (χ4v) is 5.93. The average molecular weight is 499 g/mol. The first kappa shape index (κ1) is 21.0. The minimum atomic E-state index is -0.336. The lowest BCUT2D eigenvalue weighted by molar-refractivity contribution is 0.102. The van der Waals surface area contributed by atoms with Crippen LogP contribution in [0.2, 0.25) is 0 Å². The van der Waals surface area contributed by atoms with Gasteiger partial charge in [0.15, 0.2) is 5.16 Å². The van der Waals surface area contributed by atoms with E-state index in [4.69, 9.17) is 0 Å². The molecule has 1 aromatic carbocycles. The van der Waals surface area contributed by atoms with E-state index >= 15 is 0 Å². The standard InChI is InChI=1S/C22H19BrN4OS2/c1-13-6-2-3-7-14(13)12-29-22-25-11-17(23)19(26-22)20(28)27-21-16(10-24)15-8-4-5-9-18(15)30-21/h2-3,6-7,11H,4-5,8-9,12H2,1H3,(H,27,28). The molecule has 0 fully saturated rings. The van der Waals surface area contributed by atoms with Gasteiger partial charge in [-0.1, -0.05) is 36.0 Å². The number of halogens is 1. The predicted octanol–water partition coefficient (Wildman–Crippen LogP) is 5.90. The van der Waals surface area contributed by atoms with Crippen molar-refractivity contribution in [2.24, 2.45) is 0 Å². The summed E-state index contributed by atoms with van der Waals surface area (Å²) in [6.07, 6.45) is 5.70. The molecule has 152 valence electrons. The van der Waals surface area contributed by atoms with Gasteiger partial charge >= 0.3 is 0 Å². The Balaban J connectivity index is 1.53. The zero-order chi connectivity index (χ0) is 21.1. The highest BCUT2D eigenvalue weighted by atomic mass is 79.9. The third-order valence-corrected chi connectivity index (χ3v) is 7.76. The van der Waals surface area contributed by atoms with Crippen LogP contribution < -0.4 is 5.32 Å². The number of aromatic nitrogens is 2. The molecule has 0 atom stereocenters. The second kappa shape index (κ2) is 9.29. The number of thiophene rings is 1. The van der Waals surface area contributed by atoms with Crippen LogP contribution in [0.5, 0.6) is 0 Å². The first-order valence-corrected chi connectivity index (χ1v) is 12.2. The monoisotopic (exact) mass is 498 g/mol. The van der Waals surface area contributed by atoms with Crippen molar-refractivity contribution in [3.63, 3.8) is 0 Å². The van der Waals surface area contributed by atoms with Crippen molar-refractivity contribution in [2.45, 2.75) is 43.5 Å². The van der Waals surface area contributed by atoms with Gasteiger partial charge < -0.3 is 5.32 Å². The number of carbonyl (C=O) groups excluding carboxylic acids is 1. The van der Waals surface area contributed by atoms with Crippen LogP contribution in [-0.4, -0.2) is 15.9 Å². The number of nitriles is 1. The van der Waals surface area contributed by atoms with E-state index in [-0.39, 0.29) is 11.6 Å². The van der Waals surface area contributed by atoms with Crippen molar-refractivity contribution in [2.75, 3.05) is 5.32 Å². The maximum absolute atomic E-state index is 13.0. The molecule has 1 amide bonds. The van der Waals surface area contributed by atoms with Crippen molar-refractivity contribution in [3.05, 3.63) is 67.8 Å². The Kier molecular flexibility index (Phi) is 6.52. The molecule has 1 N–H and O–H groups in total. The maximum atomic E-state index is 13.0. The van der Waals surface area contributed by atoms with Crippen molar-refractivity contribution >= 4 is 49.9 Å². The number of rotatable bonds is 5. The van der Waals surface area contributed by atoms with Crippen LogP contribution in [0, 0.1) is 18.3 Å². The first-order valence-electron chi connectivity index (χ1n) is 9.62. The molecule has 2 heterocycles. The van der Waals surface area contributed by atoms with Gasteiger partial charge in [0, 0.05) is 16.8 Å². The lowest BCUT2D eigenvalue weighted by atomic mass is 9.96. The van der Waals surface area contributed by atoms with Gasteiger partial charge in [0.2, 0.25) is 0 Å². The molecule has 2 aromatic heterocycles. The fraction of sp³-hybridized carbons (Fsp3) is 0.273. The molecule has 0 saturated heterocycles. The van der Waals surface area contributed by atoms with Crippen LogP contribution in [0.25, 0.3) is 0 Å². The summed E-state index contributed by atoms with van der Waals surface area (Å²) in [6, 6.07) is 10.5. The quantitative estimate of drug-likeness (QED) is 0.349. The van der Waals surface area contributed by atoms with Gasteiger partial charge in [-0.3, -0.25) is 4.79 Å². The molecule has 1 aliphatic rings. The van der Waals surface area contributed by atoms with Gasteiger partial charge in [-0.05, 0) is 65.2 Å². The molecule has 0 saturated carbocycles. The highest BCUT2D eigenvalue weighted by Gasteiger charge is 2.23. The molecule has 0 aliphatic heterocycles. The summed E-state index contributed by atoms with van der Waals surface area (Å²) < 4.78 is 0.528. The molecule has 30 heavy (non-hydrogen) atoms. The third-order valence-electron chi connectivity index (χ3n) is 5.07. The molecule has 0 spiro atoms. The Morgan fingerprint density at radius 2 is 2.13 bits per heavy atom. The van der Waals surface area contributed by atoms with Crippen LogP contribution in [0.15, 0.2) is 40.1 Å². The highest BCUT2D eigenvalue weighted by molar-refractivity contribution is 9.10. The van der Waals surface area contributed by atoms with Gasteiger partial charge in [0.05, 0.1) is 10.0 Å². The van der Waals surface area contributed by atoms with Crippen LogP contribution >= 0.6 is 39.0 Å². The fourth-order valence-electron chi connectivity index (χ4n) is 3.43. The molecule has 0 bridgehead atoms. The van der Waals surface area contributed by atoms with E-state index in [0.717, 1.165) is 37.0 Å². The summed E-state index contributed by atoms with van der Waals surface area (Å²) in [7, 11) is 0. The third kappa shape index (κ3) is 4.43. The van der Waals surface area contributed by atoms with Crippen LogP contribution in [0.3, 0.4) is 0 Å². The summed E-state index contributed by atoms with van der Waals surface area (Å²) in [5.74, 6) is 0.392. The van der Waals surface area contributed by atoms with Gasteiger partial charge in [-0.25, -0.2) is 9.97 Å². The van der Waals surface area contributed by atoms with Crippen molar-refractivity contribution in [3.8, 4) is 6.07 Å². The number of nitrogens with zero attached hydrogens (tertiary/aromatic N) is 3. The lowest BCUT2D eigenvalue weighted by Gasteiger charge is -2.09. The smallest absolute Gasteiger partial charge is 0.276 e. The molecule has 4 rings (SSSR count). The molecule has 5 nitrogen and oxygen atoms in total. The number of hydrogen-bond donors (Lipinski definition) is 1. The molecule has 0 unspecified atom stereocenters. The summed E-state index contributed by atoms with van der Waals surface area (Å²) in [6.45, 7) is 2.07. The van der Waals surface area contributed by atoms with Crippen LogP contribution in [0.4, 0.5) is 5.00 Å². The van der Waals surface area contributed by atoms with E-state index in [1.807, 2.05) is 12.1 Å². The van der Waals surface area contributed by atoms with Crippen molar-refractivity contribution in [1.82, 2.24) is 9.97 Å². The van der Waals surface area contributed by atoms with Gasteiger partial charge in [0.1, 0.15) is 16.8 Å². The summed E-state index contributed by atoms with van der Waals surface area (Å²) in [5, 5.41) is 13.7. The Labute approximate surface area is 192 Å². The second-order valence-corrected chi connectivity index (χ2v) is 9.95. The SMILES string of the molecule is Cc1ccccc1CSc1ncc(Br)c(C(=O)Nc2sc3c(c2C#N)CCCC3)n1. The van der Waals surface area contributed by atoms with E-state index in [2.05, 4.69) is 56.3 Å². The second-order valence-electron chi connectivity index (χ2n) is 7.05. The molecule has 1 aliphatic carbocycles. The van der Waals surface area contributed by atoms with Gasteiger partial charge in [-0.15, -0.1) is 11.3 Å². The maximum Gasteiger partial charge on any atom is 0.276 e. The van der Waals surface area contributed by atoms with E-state index in [9.17, 15) is 10.1 Å². The molecular formula is C22H19BrN4OS2. The number of aryl methyl sites for hydroxylation is 2. The van der Waals surface area contributed by atoms with E-state index < -0.39 is 0 Å². The number of carbonyl (C=O) groups is 1. The minimum Gasteiger partial charge on any atom is -0.311 e. The summed E-state index contributed by atoms with van der Waals surface area (Å²) >= 11 is 6.39. The van der Waals surface area contributed by atoms with Crippen LogP contribution in [0.1, 0.15) is 50.5 Å². The first-order chi connectivity index (χ1) is 14.6. The normalized spacial score (nSPS) is 12.8. The van der Waals surface area contributed by atoms with Crippen LogP contribution in [-0.2, 0) is 18.6 Å². The topological polar surface area (TPSA) is 78.7 Å². The van der Waals surface area contributed by atoms with E-state index in [0.29, 0.717) is 20.2 Å². The Morgan fingerprint density at radius 1 is 1.33 bits per heavy atom. The van der Waals surface area contributed by atoms with E-state index in [1.165, 1.54) is 39.1 Å².